The van der Waals surface area contributed by atoms with Gasteiger partial charge >= 0.3 is 0 Å². The van der Waals surface area contributed by atoms with Gasteiger partial charge in [0.1, 0.15) is 5.82 Å². The zero-order valence-corrected chi connectivity index (χ0v) is 14.0. The molecule has 0 amide bonds. The Kier molecular flexibility index (Phi) is 5.54. The van der Waals surface area contributed by atoms with E-state index in [1.54, 1.807) is 10.7 Å². The lowest BCUT2D eigenvalue weighted by Gasteiger charge is -2.07. The summed E-state index contributed by atoms with van der Waals surface area (Å²) < 4.78 is 1.72. The molecule has 1 aromatic carbocycles. The summed E-state index contributed by atoms with van der Waals surface area (Å²) in [5.41, 5.74) is 9.03. The van der Waals surface area contributed by atoms with E-state index in [4.69, 9.17) is 28.9 Å². The summed E-state index contributed by atoms with van der Waals surface area (Å²) in [6.45, 7) is 2.21. The number of nitrogens with zero attached hydrogens (tertiary/aromatic N) is 2. The molecule has 21 heavy (non-hydrogen) atoms. The van der Waals surface area contributed by atoms with Crippen LogP contribution in [0, 0.1) is 0 Å². The molecule has 0 radical (unpaired) electrons. The van der Waals surface area contributed by atoms with Crippen LogP contribution in [0.25, 0.3) is 11.1 Å². The van der Waals surface area contributed by atoms with Crippen LogP contribution in [0.4, 0.5) is 5.82 Å². The standard InChI is InChI=1S/C16H21Cl2N3/c1-3-4-5-6-7-14-15(16(19)21(2)20-14)12-9-8-11(17)10-13(12)18/h8-10H,3-7,19H2,1-2H3. The lowest BCUT2D eigenvalue weighted by molar-refractivity contribution is 0.651. The average molecular weight is 326 g/mol. The molecule has 0 aliphatic heterocycles. The summed E-state index contributed by atoms with van der Waals surface area (Å²) in [7, 11) is 1.86. The first kappa shape index (κ1) is 16.2. The molecule has 0 spiro atoms. The predicted molar refractivity (Wildman–Crippen MR) is 90.9 cm³/mol. The second kappa shape index (κ2) is 7.19. The van der Waals surface area contributed by atoms with E-state index >= 15 is 0 Å². The number of anilines is 1. The van der Waals surface area contributed by atoms with E-state index in [1.807, 2.05) is 19.2 Å². The van der Waals surface area contributed by atoms with Gasteiger partial charge in [0.05, 0.1) is 10.7 Å². The summed E-state index contributed by atoms with van der Waals surface area (Å²) in [6, 6.07) is 5.48. The van der Waals surface area contributed by atoms with Crippen LogP contribution in [0.15, 0.2) is 18.2 Å². The Morgan fingerprint density at radius 1 is 1.19 bits per heavy atom. The number of benzene rings is 1. The van der Waals surface area contributed by atoms with E-state index in [9.17, 15) is 0 Å². The first-order valence-electron chi connectivity index (χ1n) is 7.31. The topological polar surface area (TPSA) is 43.8 Å². The number of unbranched alkanes of at least 4 members (excludes halogenated alkanes) is 3. The van der Waals surface area contributed by atoms with E-state index < -0.39 is 0 Å². The van der Waals surface area contributed by atoms with Crippen LogP contribution in [-0.4, -0.2) is 9.78 Å². The lowest BCUT2D eigenvalue weighted by atomic mass is 10.0. The Hall–Kier alpha value is -1.19. The highest BCUT2D eigenvalue weighted by molar-refractivity contribution is 6.36. The number of aromatic nitrogens is 2. The normalized spacial score (nSPS) is 11.0. The molecule has 0 atom stereocenters. The van der Waals surface area contributed by atoms with Crippen LogP contribution in [0.2, 0.25) is 10.0 Å². The van der Waals surface area contributed by atoms with Gasteiger partial charge in [0, 0.05) is 23.2 Å². The predicted octanol–water partition coefficient (Wildman–Crippen LogP) is 5.10. The second-order valence-corrected chi connectivity index (χ2v) is 6.11. The highest BCUT2D eigenvalue weighted by atomic mass is 35.5. The summed E-state index contributed by atoms with van der Waals surface area (Å²) in [5, 5.41) is 5.78. The van der Waals surface area contributed by atoms with Crippen LogP contribution in [-0.2, 0) is 13.5 Å². The minimum absolute atomic E-state index is 0.608. The molecule has 0 aliphatic carbocycles. The van der Waals surface area contributed by atoms with Crippen LogP contribution >= 0.6 is 23.2 Å². The van der Waals surface area contributed by atoms with E-state index in [0.717, 1.165) is 29.7 Å². The van der Waals surface area contributed by atoms with Crippen LogP contribution in [0.1, 0.15) is 38.3 Å². The van der Waals surface area contributed by atoms with Gasteiger partial charge < -0.3 is 5.73 Å². The van der Waals surface area contributed by atoms with Crippen LogP contribution < -0.4 is 5.73 Å². The summed E-state index contributed by atoms with van der Waals surface area (Å²) in [6.07, 6.45) is 5.71. The van der Waals surface area contributed by atoms with E-state index in [-0.39, 0.29) is 0 Å². The minimum atomic E-state index is 0.608. The van der Waals surface area contributed by atoms with E-state index in [2.05, 4.69) is 12.0 Å². The molecule has 5 heteroatoms. The summed E-state index contributed by atoms with van der Waals surface area (Å²) in [4.78, 5) is 0. The monoisotopic (exact) mass is 325 g/mol. The maximum absolute atomic E-state index is 6.32. The molecule has 2 rings (SSSR count). The Labute approximate surface area is 136 Å². The number of nitrogen functional groups attached to an aromatic ring is 1. The second-order valence-electron chi connectivity index (χ2n) is 5.27. The third-order valence-electron chi connectivity index (χ3n) is 3.63. The first-order chi connectivity index (χ1) is 10.0. The summed E-state index contributed by atoms with van der Waals surface area (Å²) >= 11 is 12.3. The first-order valence-corrected chi connectivity index (χ1v) is 8.07. The molecule has 0 saturated heterocycles. The maximum atomic E-state index is 6.32. The molecule has 0 unspecified atom stereocenters. The van der Waals surface area contributed by atoms with Crippen molar-refractivity contribution in [3.05, 3.63) is 33.9 Å². The van der Waals surface area contributed by atoms with Crippen molar-refractivity contribution in [2.24, 2.45) is 7.05 Å². The molecule has 0 bridgehead atoms. The largest absolute Gasteiger partial charge is 0.383 e. The Balaban J connectivity index is 2.33. The van der Waals surface area contributed by atoms with Crippen LogP contribution in [0.3, 0.4) is 0 Å². The van der Waals surface area contributed by atoms with Crippen molar-refractivity contribution in [3.8, 4) is 11.1 Å². The number of nitrogens with two attached hydrogens (primary N) is 1. The van der Waals surface area contributed by atoms with E-state index in [1.165, 1.54) is 19.3 Å². The van der Waals surface area contributed by atoms with E-state index in [0.29, 0.717) is 15.9 Å². The number of hydrogen-bond donors (Lipinski definition) is 1. The van der Waals surface area contributed by atoms with Gasteiger partial charge in [-0.05, 0) is 25.0 Å². The SMILES string of the molecule is CCCCCCc1nn(C)c(N)c1-c1ccc(Cl)cc1Cl. The van der Waals surface area contributed by atoms with Crippen molar-refractivity contribution in [1.29, 1.82) is 0 Å². The molecule has 1 aromatic heterocycles. The van der Waals surface area contributed by atoms with Crippen LogP contribution in [0.5, 0.6) is 0 Å². The van der Waals surface area contributed by atoms with Crippen molar-refractivity contribution in [1.82, 2.24) is 9.78 Å². The van der Waals surface area contributed by atoms with Gasteiger partial charge in [0.25, 0.3) is 0 Å². The van der Waals surface area contributed by atoms with Gasteiger partial charge in [0.2, 0.25) is 0 Å². The molecule has 2 N–H and O–H groups in total. The highest BCUT2D eigenvalue weighted by Crippen LogP contribution is 2.36. The number of halogens is 2. The molecule has 0 aliphatic rings. The molecule has 114 valence electrons. The number of rotatable bonds is 6. The van der Waals surface area contributed by atoms with Gasteiger partial charge in [-0.3, -0.25) is 4.68 Å². The third kappa shape index (κ3) is 3.72. The molecule has 3 nitrogen and oxygen atoms in total. The van der Waals surface area contributed by atoms with Crippen molar-refractivity contribution >= 4 is 29.0 Å². The Morgan fingerprint density at radius 3 is 2.62 bits per heavy atom. The Morgan fingerprint density at radius 2 is 1.95 bits per heavy atom. The minimum Gasteiger partial charge on any atom is -0.383 e. The zero-order valence-electron chi connectivity index (χ0n) is 12.5. The van der Waals surface area contributed by atoms with Gasteiger partial charge in [-0.15, -0.1) is 0 Å². The maximum Gasteiger partial charge on any atom is 0.129 e. The smallest absolute Gasteiger partial charge is 0.129 e. The van der Waals surface area contributed by atoms with Gasteiger partial charge in [-0.2, -0.15) is 5.10 Å². The summed E-state index contributed by atoms with van der Waals surface area (Å²) in [5.74, 6) is 0.643. The molecular formula is C16H21Cl2N3. The highest BCUT2D eigenvalue weighted by Gasteiger charge is 2.17. The van der Waals surface area contributed by atoms with Crippen molar-refractivity contribution in [2.75, 3.05) is 5.73 Å². The quantitative estimate of drug-likeness (QED) is 0.751. The molecule has 0 saturated carbocycles. The molecule has 1 heterocycles. The fourth-order valence-corrected chi connectivity index (χ4v) is 2.98. The lowest BCUT2D eigenvalue weighted by Crippen LogP contribution is -1.98. The van der Waals surface area contributed by atoms with Gasteiger partial charge in [0.15, 0.2) is 0 Å². The van der Waals surface area contributed by atoms with Gasteiger partial charge in [-0.25, -0.2) is 0 Å². The fraction of sp³-hybridized carbons (Fsp3) is 0.438. The fourth-order valence-electron chi connectivity index (χ4n) is 2.47. The average Bonchev–Trinajstić information content (AvgIpc) is 2.71. The number of hydrogen-bond acceptors (Lipinski definition) is 2. The zero-order chi connectivity index (χ0) is 15.4. The molecule has 0 fully saturated rings. The van der Waals surface area contributed by atoms with Crippen molar-refractivity contribution in [3.63, 3.8) is 0 Å². The third-order valence-corrected chi connectivity index (χ3v) is 4.18. The number of aryl methyl sites for hydroxylation is 2. The molecular weight excluding hydrogens is 305 g/mol. The Bertz CT molecular complexity index is 620. The van der Waals surface area contributed by atoms with Gasteiger partial charge in [-0.1, -0.05) is 55.5 Å². The molecule has 2 aromatic rings. The van der Waals surface area contributed by atoms with Crippen molar-refractivity contribution < 1.29 is 0 Å². The van der Waals surface area contributed by atoms with Crippen molar-refractivity contribution in [2.45, 2.75) is 39.0 Å².